The van der Waals surface area contributed by atoms with Crippen LogP contribution in [0, 0.1) is 5.82 Å². The number of pyridine rings is 3. The first-order valence-electron chi connectivity index (χ1n) is 14.4. The minimum atomic E-state index is -4.51. The molecule has 11 nitrogen and oxygen atoms in total. The van der Waals surface area contributed by atoms with Crippen LogP contribution in [0.1, 0.15) is 48.2 Å². The van der Waals surface area contributed by atoms with Gasteiger partial charge in [-0.1, -0.05) is 0 Å². The number of carbonyl (C=O) groups is 1. The average molecular weight is 642 g/mol. The van der Waals surface area contributed by atoms with Gasteiger partial charge in [-0.2, -0.15) is 0 Å². The van der Waals surface area contributed by atoms with E-state index in [0.29, 0.717) is 41.9 Å². The lowest BCUT2D eigenvalue weighted by atomic mass is 10.1. The number of benzene rings is 1. The molecule has 238 valence electrons. The summed E-state index contributed by atoms with van der Waals surface area (Å²) in [6.07, 6.45) is 5.45. The third-order valence-corrected chi connectivity index (χ3v) is 9.38. The summed E-state index contributed by atoms with van der Waals surface area (Å²) < 4.78 is 69.2. The number of nitrogens with zero attached hydrogens (tertiary/aromatic N) is 4. The highest BCUT2D eigenvalue weighted by atomic mass is 32.2. The molecule has 0 unspecified atom stereocenters. The van der Waals surface area contributed by atoms with Crippen molar-refractivity contribution in [2.24, 2.45) is 0 Å². The van der Waals surface area contributed by atoms with E-state index >= 15 is 0 Å². The maximum absolute atomic E-state index is 14.7. The average Bonchev–Trinajstić information content (AvgIpc) is 3.90. The number of amides is 1. The molecule has 4 aromatic rings. The summed E-state index contributed by atoms with van der Waals surface area (Å²) in [6.45, 7) is 0.741. The van der Waals surface area contributed by atoms with Crippen LogP contribution in [0.25, 0.3) is 10.9 Å². The van der Waals surface area contributed by atoms with Gasteiger partial charge in [0.15, 0.2) is 23.1 Å². The van der Waals surface area contributed by atoms with Gasteiger partial charge in [0.2, 0.25) is 15.3 Å². The van der Waals surface area contributed by atoms with Crippen molar-refractivity contribution in [1.29, 1.82) is 0 Å². The van der Waals surface area contributed by atoms with Crippen LogP contribution in [0.15, 0.2) is 53.7 Å². The summed E-state index contributed by atoms with van der Waals surface area (Å²) in [5, 5.41) is 3.41. The summed E-state index contributed by atoms with van der Waals surface area (Å²) in [7, 11) is -1.26. The molecule has 1 amide bonds. The molecule has 0 saturated heterocycles. The van der Waals surface area contributed by atoms with E-state index in [9.17, 15) is 22.0 Å². The first-order chi connectivity index (χ1) is 21.7. The zero-order chi connectivity index (χ0) is 31.7. The lowest BCUT2D eigenvalue weighted by Gasteiger charge is -2.29. The topological polar surface area (TPSA) is 133 Å². The fourth-order valence-electron chi connectivity index (χ4n) is 5.14. The van der Waals surface area contributed by atoms with E-state index < -0.39 is 44.1 Å². The molecule has 3 aliphatic rings. The van der Waals surface area contributed by atoms with E-state index in [1.807, 2.05) is 23.2 Å². The van der Waals surface area contributed by atoms with Gasteiger partial charge in [-0.05, 0) is 60.7 Å². The number of sulfone groups is 1. The van der Waals surface area contributed by atoms with E-state index in [2.05, 4.69) is 26.1 Å². The van der Waals surface area contributed by atoms with Crippen molar-refractivity contribution in [3.8, 4) is 11.5 Å². The van der Waals surface area contributed by atoms with E-state index in [1.54, 1.807) is 26.5 Å². The molecule has 1 fully saturated rings. The highest BCUT2D eigenvalue weighted by molar-refractivity contribution is 7.92. The van der Waals surface area contributed by atoms with E-state index in [4.69, 9.17) is 14.5 Å². The maximum atomic E-state index is 14.7. The lowest BCUT2D eigenvalue weighted by molar-refractivity contribution is 0.0949. The van der Waals surface area contributed by atoms with E-state index in [1.165, 1.54) is 18.4 Å². The highest BCUT2D eigenvalue weighted by Gasteiger charge is 2.36. The highest BCUT2D eigenvalue weighted by Crippen LogP contribution is 2.43. The number of alkyl halides is 1. The summed E-state index contributed by atoms with van der Waals surface area (Å²) in [6, 6.07) is 9.39. The number of ether oxygens (including phenoxy) is 3. The van der Waals surface area contributed by atoms with Crippen LogP contribution >= 0.6 is 0 Å². The molecule has 1 N–H and O–H groups in total. The van der Waals surface area contributed by atoms with Crippen molar-refractivity contribution in [2.45, 2.75) is 42.1 Å². The second kappa shape index (κ2) is 12.5. The third kappa shape index (κ3) is 6.25. The Bertz CT molecular complexity index is 1880. The number of hydrogen-bond acceptors (Lipinski definition) is 10. The summed E-state index contributed by atoms with van der Waals surface area (Å²) in [5.41, 5.74) is -0.225. The molecule has 2 aliphatic heterocycles. The molecule has 1 atom stereocenters. The summed E-state index contributed by atoms with van der Waals surface area (Å²) in [4.78, 5) is 28.1. The Kier molecular flexibility index (Phi) is 8.51. The minimum absolute atomic E-state index is 0. The number of rotatable bonds is 5. The van der Waals surface area contributed by atoms with Crippen molar-refractivity contribution in [2.75, 3.05) is 38.9 Å². The molecule has 0 radical (unpaired) electrons. The van der Waals surface area contributed by atoms with E-state index in [-0.39, 0.29) is 20.1 Å². The Morgan fingerprint density at radius 3 is 2.67 bits per heavy atom. The number of hydrogen-bond donors (Lipinski definition) is 1. The fraction of sp³-hybridized carbons (Fsp3) is 0.355. The SMILES string of the molecule is COC.O=C(NCc1cc2nc(N3CCOc4cc(C5CC5)cnc43)ccc2cn1)c1cc(F)c2c(c1)S(=O)(=O)[C@@H](F)CCO2.[HH]. The quantitative estimate of drug-likeness (QED) is 0.322. The Morgan fingerprint density at radius 1 is 1.09 bits per heavy atom. The number of aromatic nitrogens is 3. The summed E-state index contributed by atoms with van der Waals surface area (Å²) >= 11 is 0. The molecule has 5 heterocycles. The number of nitrogens with one attached hydrogen (secondary N) is 1. The molecule has 0 bridgehead atoms. The van der Waals surface area contributed by atoms with Crippen LogP contribution < -0.4 is 19.7 Å². The molecule has 1 saturated carbocycles. The van der Waals surface area contributed by atoms with Crippen molar-refractivity contribution in [3.63, 3.8) is 0 Å². The second-order valence-electron chi connectivity index (χ2n) is 10.9. The molecule has 1 aromatic carbocycles. The smallest absolute Gasteiger partial charge is 0.251 e. The molecule has 0 spiro atoms. The molecular weight excluding hydrogens is 608 g/mol. The molecular formula is C31H33F2N5O6S. The van der Waals surface area contributed by atoms with Crippen LogP contribution in [0.5, 0.6) is 11.5 Å². The lowest BCUT2D eigenvalue weighted by Crippen LogP contribution is -2.30. The summed E-state index contributed by atoms with van der Waals surface area (Å²) in [5.74, 6) is 0.309. The monoisotopic (exact) mass is 641 g/mol. The molecule has 14 heteroatoms. The molecule has 3 aromatic heterocycles. The van der Waals surface area contributed by atoms with Crippen LogP contribution in [-0.2, 0) is 21.1 Å². The normalized spacial score (nSPS) is 18.3. The van der Waals surface area contributed by atoms with Gasteiger partial charge >= 0.3 is 0 Å². The van der Waals surface area contributed by atoms with Gasteiger partial charge in [0, 0.05) is 45.4 Å². The van der Waals surface area contributed by atoms with E-state index in [0.717, 1.165) is 23.3 Å². The first-order valence-corrected chi connectivity index (χ1v) is 15.9. The van der Waals surface area contributed by atoms with Crippen LogP contribution in [-0.4, -0.2) is 68.8 Å². The van der Waals surface area contributed by atoms with Gasteiger partial charge in [-0.25, -0.2) is 27.2 Å². The van der Waals surface area contributed by atoms with Gasteiger partial charge in [-0.3, -0.25) is 9.78 Å². The fourth-order valence-corrected chi connectivity index (χ4v) is 6.53. The van der Waals surface area contributed by atoms with Crippen molar-refractivity contribution in [3.05, 3.63) is 71.4 Å². The Morgan fingerprint density at radius 2 is 1.89 bits per heavy atom. The Labute approximate surface area is 260 Å². The van der Waals surface area contributed by atoms with Crippen LogP contribution in [0.4, 0.5) is 20.4 Å². The van der Waals surface area contributed by atoms with Gasteiger partial charge in [-0.15, -0.1) is 0 Å². The standard InChI is InChI=1S/C29H25F2N5O5S.C2H6O.H2/c30-21-9-18(11-24-27(21)41-7-5-25(31)42(24,38)39)29(37)34-15-20-12-22-17(13-32-20)3-4-26(35-22)36-6-8-40-23-10-19(16-1-2-16)14-33-28(23)36;1-3-2;/h3-4,9-14,16,25H,1-2,5-8,15H2,(H,34,37);1-2H3;1H/t25-;;/m1../s1. The first kappa shape index (κ1) is 30.6. The minimum Gasteiger partial charge on any atom is -0.489 e. The molecule has 7 rings (SSSR count). The Balaban J connectivity index is 0.00000100. The van der Waals surface area contributed by atoms with Crippen molar-refractivity contribution >= 4 is 38.3 Å². The van der Waals surface area contributed by atoms with Gasteiger partial charge in [0.1, 0.15) is 17.3 Å². The number of carbonyl (C=O) groups excluding carboxylic acids is 1. The zero-order valence-electron chi connectivity index (χ0n) is 24.6. The number of anilines is 2. The van der Waals surface area contributed by atoms with Crippen LogP contribution in [0.2, 0.25) is 0 Å². The molecule has 45 heavy (non-hydrogen) atoms. The van der Waals surface area contributed by atoms with Gasteiger partial charge in [0.05, 0.1) is 30.9 Å². The largest absolute Gasteiger partial charge is 0.489 e. The zero-order valence-corrected chi connectivity index (χ0v) is 25.4. The third-order valence-electron chi connectivity index (χ3n) is 7.56. The van der Waals surface area contributed by atoms with Gasteiger partial charge in [0.25, 0.3) is 5.91 Å². The Hall–Kier alpha value is -4.43. The van der Waals surface area contributed by atoms with Crippen LogP contribution in [0.3, 0.4) is 0 Å². The molecule has 1 aliphatic carbocycles. The number of fused-ring (bicyclic) bond motifs is 3. The predicted octanol–water partition coefficient (Wildman–Crippen LogP) is 4.86. The predicted molar refractivity (Wildman–Crippen MR) is 163 cm³/mol. The van der Waals surface area contributed by atoms with Gasteiger partial charge < -0.3 is 24.4 Å². The number of methoxy groups -OCH3 is 1. The second-order valence-corrected chi connectivity index (χ2v) is 12.9. The maximum Gasteiger partial charge on any atom is 0.251 e. The van der Waals surface area contributed by atoms with Crippen molar-refractivity contribution in [1.82, 2.24) is 20.3 Å². The number of halogens is 2. The van der Waals surface area contributed by atoms with Crippen molar-refractivity contribution < 1.29 is 37.6 Å².